The first kappa shape index (κ1) is 11.2. The zero-order chi connectivity index (χ0) is 10.6. The second-order valence-electron chi connectivity index (χ2n) is 4.91. The number of hydrogen-bond acceptors (Lipinski definition) is 1. The van der Waals surface area contributed by atoms with E-state index in [4.69, 9.17) is 0 Å². The van der Waals surface area contributed by atoms with Crippen molar-refractivity contribution in [1.29, 1.82) is 0 Å². The molecule has 0 amide bonds. The van der Waals surface area contributed by atoms with Crippen LogP contribution >= 0.6 is 0 Å². The van der Waals surface area contributed by atoms with Crippen LogP contribution in [0.25, 0.3) is 0 Å². The number of hydrogen-bond donors (Lipinski definition) is 0. The van der Waals surface area contributed by atoms with Crippen molar-refractivity contribution < 1.29 is 0 Å². The molecule has 0 atom stereocenters. The van der Waals surface area contributed by atoms with Crippen LogP contribution < -0.4 is 0 Å². The standard InChI is InChI=1S/C13H21N/c1-5-6-7-11-8-9-12(14-10-11)13(2,3)4/h8-10H,5-7H2,1-4H3. The van der Waals surface area contributed by atoms with E-state index >= 15 is 0 Å². The first-order valence-corrected chi connectivity index (χ1v) is 5.49. The molecule has 1 aromatic rings. The van der Waals surface area contributed by atoms with E-state index in [9.17, 15) is 0 Å². The van der Waals surface area contributed by atoms with Crippen molar-refractivity contribution in [3.05, 3.63) is 29.6 Å². The van der Waals surface area contributed by atoms with Gasteiger partial charge in [0.25, 0.3) is 0 Å². The summed E-state index contributed by atoms with van der Waals surface area (Å²) in [7, 11) is 0. The summed E-state index contributed by atoms with van der Waals surface area (Å²) < 4.78 is 0. The van der Waals surface area contributed by atoms with Crippen LogP contribution in [0.5, 0.6) is 0 Å². The monoisotopic (exact) mass is 191 g/mol. The molecule has 0 fully saturated rings. The van der Waals surface area contributed by atoms with E-state index in [1.54, 1.807) is 0 Å². The van der Waals surface area contributed by atoms with Crippen molar-refractivity contribution >= 4 is 0 Å². The Morgan fingerprint density at radius 3 is 2.36 bits per heavy atom. The molecule has 0 aliphatic carbocycles. The second-order valence-corrected chi connectivity index (χ2v) is 4.91. The highest BCUT2D eigenvalue weighted by atomic mass is 14.7. The molecule has 0 bridgehead atoms. The predicted molar refractivity (Wildman–Crippen MR) is 61.5 cm³/mol. The number of rotatable bonds is 3. The summed E-state index contributed by atoms with van der Waals surface area (Å²) in [5, 5.41) is 0. The number of pyridine rings is 1. The Kier molecular flexibility index (Phi) is 3.68. The van der Waals surface area contributed by atoms with Gasteiger partial charge in [0.1, 0.15) is 0 Å². The SMILES string of the molecule is CCCCc1ccc(C(C)(C)C)nc1. The molecule has 0 aromatic carbocycles. The van der Waals surface area contributed by atoms with Crippen LogP contribution in [0, 0.1) is 0 Å². The lowest BCUT2D eigenvalue weighted by atomic mass is 9.91. The summed E-state index contributed by atoms with van der Waals surface area (Å²) in [4.78, 5) is 4.50. The highest BCUT2D eigenvalue weighted by molar-refractivity contribution is 5.19. The number of aryl methyl sites for hydroxylation is 1. The van der Waals surface area contributed by atoms with Gasteiger partial charge in [0.15, 0.2) is 0 Å². The largest absolute Gasteiger partial charge is 0.260 e. The average molecular weight is 191 g/mol. The van der Waals surface area contributed by atoms with E-state index in [2.05, 4.69) is 44.8 Å². The maximum absolute atomic E-state index is 4.50. The van der Waals surface area contributed by atoms with Gasteiger partial charge in [0.05, 0.1) is 0 Å². The van der Waals surface area contributed by atoms with Crippen LogP contribution in [0.2, 0.25) is 0 Å². The zero-order valence-electron chi connectivity index (χ0n) is 9.80. The summed E-state index contributed by atoms with van der Waals surface area (Å²) in [6, 6.07) is 4.37. The van der Waals surface area contributed by atoms with E-state index in [1.165, 1.54) is 24.1 Å². The van der Waals surface area contributed by atoms with E-state index < -0.39 is 0 Å². The van der Waals surface area contributed by atoms with Crippen LogP contribution in [0.4, 0.5) is 0 Å². The molecule has 1 heteroatoms. The minimum atomic E-state index is 0.170. The van der Waals surface area contributed by atoms with Crippen molar-refractivity contribution in [2.45, 2.75) is 52.4 Å². The van der Waals surface area contributed by atoms with Gasteiger partial charge in [-0.1, -0.05) is 40.2 Å². The smallest absolute Gasteiger partial charge is 0.0457 e. The molecule has 0 unspecified atom stereocenters. The van der Waals surface area contributed by atoms with Gasteiger partial charge in [-0.05, 0) is 24.5 Å². The van der Waals surface area contributed by atoms with Crippen LogP contribution in [0.1, 0.15) is 51.8 Å². The lowest BCUT2D eigenvalue weighted by Crippen LogP contribution is -2.13. The Hall–Kier alpha value is -0.850. The molecule has 14 heavy (non-hydrogen) atoms. The quantitative estimate of drug-likeness (QED) is 0.709. The Labute approximate surface area is 87.6 Å². The van der Waals surface area contributed by atoms with Gasteiger partial charge in [0, 0.05) is 17.3 Å². The number of unbranched alkanes of at least 4 members (excludes halogenated alkanes) is 1. The topological polar surface area (TPSA) is 12.9 Å². The summed E-state index contributed by atoms with van der Waals surface area (Å²) in [6.07, 6.45) is 5.70. The molecule has 0 aliphatic rings. The fraction of sp³-hybridized carbons (Fsp3) is 0.615. The molecule has 0 radical (unpaired) electrons. The first-order chi connectivity index (χ1) is 6.54. The van der Waals surface area contributed by atoms with E-state index in [1.807, 2.05) is 6.20 Å². The van der Waals surface area contributed by atoms with Gasteiger partial charge in [0.2, 0.25) is 0 Å². The van der Waals surface area contributed by atoms with Crippen molar-refractivity contribution in [3.8, 4) is 0 Å². The molecular weight excluding hydrogens is 170 g/mol. The number of aromatic nitrogens is 1. The number of nitrogens with zero attached hydrogens (tertiary/aromatic N) is 1. The van der Waals surface area contributed by atoms with Gasteiger partial charge in [-0.2, -0.15) is 0 Å². The fourth-order valence-electron chi connectivity index (χ4n) is 1.40. The van der Waals surface area contributed by atoms with Crippen molar-refractivity contribution in [3.63, 3.8) is 0 Å². The normalized spacial score (nSPS) is 11.7. The highest BCUT2D eigenvalue weighted by Gasteiger charge is 2.14. The van der Waals surface area contributed by atoms with Gasteiger partial charge in [-0.3, -0.25) is 4.98 Å². The van der Waals surface area contributed by atoms with Gasteiger partial charge in [-0.25, -0.2) is 0 Å². The minimum absolute atomic E-state index is 0.170. The Bertz CT molecular complexity index is 266. The lowest BCUT2D eigenvalue weighted by Gasteiger charge is -2.17. The molecule has 0 N–H and O–H groups in total. The second kappa shape index (κ2) is 4.59. The van der Waals surface area contributed by atoms with Crippen LogP contribution in [0.3, 0.4) is 0 Å². The van der Waals surface area contributed by atoms with Crippen LogP contribution in [0.15, 0.2) is 18.3 Å². The summed E-state index contributed by atoms with van der Waals surface area (Å²) in [5.74, 6) is 0. The van der Waals surface area contributed by atoms with E-state index in [0.29, 0.717) is 0 Å². The van der Waals surface area contributed by atoms with Crippen molar-refractivity contribution in [2.75, 3.05) is 0 Å². The van der Waals surface area contributed by atoms with Crippen molar-refractivity contribution in [1.82, 2.24) is 4.98 Å². The third-order valence-corrected chi connectivity index (χ3v) is 2.41. The maximum Gasteiger partial charge on any atom is 0.0457 e. The van der Waals surface area contributed by atoms with Gasteiger partial charge < -0.3 is 0 Å². The molecule has 0 spiro atoms. The molecule has 0 saturated carbocycles. The third kappa shape index (κ3) is 3.13. The molecule has 1 rings (SSSR count). The molecule has 0 saturated heterocycles. The summed E-state index contributed by atoms with van der Waals surface area (Å²) in [6.45, 7) is 8.81. The highest BCUT2D eigenvalue weighted by Crippen LogP contribution is 2.19. The molecular formula is C13H21N. The van der Waals surface area contributed by atoms with Crippen LogP contribution in [-0.4, -0.2) is 4.98 Å². The van der Waals surface area contributed by atoms with E-state index in [-0.39, 0.29) is 5.41 Å². The molecule has 78 valence electrons. The van der Waals surface area contributed by atoms with E-state index in [0.717, 1.165) is 6.42 Å². The molecule has 0 aliphatic heterocycles. The summed E-state index contributed by atoms with van der Waals surface area (Å²) in [5.41, 5.74) is 2.71. The first-order valence-electron chi connectivity index (χ1n) is 5.49. The molecule has 1 aromatic heterocycles. The Balaban J connectivity index is 2.69. The lowest BCUT2D eigenvalue weighted by molar-refractivity contribution is 0.568. The average Bonchev–Trinajstić information content (AvgIpc) is 2.14. The molecule has 1 nitrogen and oxygen atoms in total. The maximum atomic E-state index is 4.50. The zero-order valence-corrected chi connectivity index (χ0v) is 9.80. The van der Waals surface area contributed by atoms with Crippen LogP contribution in [-0.2, 0) is 11.8 Å². The summed E-state index contributed by atoms with van der Waals surface area (Å²) >= 11 is 0. The third-order valence-electron chi connectivity index (χ3n) is 2.41. The predicted octanol–water partition coefficient (Wildman–Crippen LogP) is 3.72. The Morgan fingerprint density at radius 2 is 1.93 bits per heavy atom. The van der Waals surface area contributed by atoms with Gasteiger partial charge >= 0.3 is 0 Å². The van der Waals surface area contributed by atoms with Crippen molar-refractivity contribution in [2.24, 2.45) is 0 Å². The molecule has 1 heterocycles. The minimum Gasteiger partial charge on any atom is -0.260 e. The van der Waals surface area contributed by atoms with Gasteiger partial charge in [-0.15, -0.1) is 0 Å². The fourth-order valence-corrected chi connectivity index (χ4v) is 1.40. The Morgan fingerprint density at radius 1 is 1.21 bits per heavy atom.